The quantitative estimate of drug-likeness (QED) is 0.570. The average Bonchev–Trinajstić information content (AvgIpc) is 3.17. The summed E-state index contributed by atoms with van der Waals surface area (Å²) in [5, 5.41) is 2.18. The standard InChI is InChI=1S/C21H24N4OS2.2H2O/c1-14(26)25-10-8-16(9-11-25)24(2)21-20-19(22-13-23-21)18(12-28-20)15-4-6-17(27-3)7-5-15;;/h4-7,12-13,16H,8-11H2,1-3H3;2*1H2. The number of hydrogen-bond acceptors (Lipinski definition) is 6. The molecule has 2 aromatic heterocycles. The molecule has 162 valence electrons. The van der Waals surface area contributed by atoms with Crippen molar-refractivity contribution in [3.05, 3.63) is 36.0 Å². The van der Waals surface area contributed by atoms with E-state index < -0.39 is 0 Å². The molecule has 0 saturated carbocycles. The molecule has 9 heteroatoms. The fourth-order valence-corrected chi connectivity index (χ4v) is 5.27. The summed E-state index contributed by atoms with van der Waals surface area (Å²) in [5.74, 6) is 1.16. The molecular formula is C21H28N4O3S2. The fraction of sp³-hybridized carbons (Fsp3) is 0.381. The van der Waals surface area contributed by atoms with Gasteiger partial charge in [0.1, 0.15) is 12.1 Å². The molecule has 1 aromatic carbocycles. The number of hydrogen-bond donors (Lipinski definition) is 0. The number of likely N-dealkylation sites (tertiary alicyclic amines) is 1. The van der Waals surface area contributed by atoms with Crippen molar-refractivity contribution in [1.82, 2.24) is 14.9 Å². The molecule has 30 heavy (non-hydrogen) atoms. The molecule has 0 aliphatic carbocycles. The van der Waals surface area contributed by atoms with Crippen LogP contribution in [0.25, 0.3) is 21.3 Å². The first kappa shape index (κ1) is 24.1. The highest BCUT2D eigenvalue weighted by Gasteiger charge is 2.26. The van der Waals surface area contributed by atoms with E-state index in [-0.39, 0.29) is 16.9 Å². The molecule has 1 aliphatic rings. The van der Waals surface area contributed by atoms with Gasteiger partial charge in [-0.1, -0.05) is 12.1 Å². The van der Waals surface area contributed by atoms with Crippen LogP contribution in [0.15, 0.2) is 40.9 Å². The number of benzene rings is 1. The highest BCUT2D eigenvalue weighted by Crippen LogP contribution is 2.38. The van der Waals surface area contributed by atoms with Crippen LogP contribution in [0.2, 0.25) is 0 Å². The zero-order valence-corrected chi connectivity index (χ0v) is 19.0. The van der Waals surface area contributed by atoms with Gasteiger partial charge < -0.3 is 20.8 Å². The number of piperidine rings is 1. The van der Waals surface area contributed by atoms with E-state index in [4.69, 9.17) is 0 Å². The van der Waals surface area contributed by atoms with Crippen LogP contribution < -0.4 is 4.90 Å². The van der Waals surface area contributed by atoms with Crippen molar-refractivity contribution in [2.24, 2.45) is 0 Å². The van der Waals surface area contributed by atoms with Crippen molar-refractivity contribution in [3.63, 3.8) is 0 Å². The Bertz CT molecular complexity index is 986. The van der Waals surface area contributed by atoms with Gasteiger partial charge in [0.05, 0.1) is 10.2 Å². The average molecular weight is 449 g/mol. The maximum Gasteiger partial charge on any atom is 0.219 e. The third-order valence-corrected chi connectivity index (χ3v) is 7.24. The Kier molecular flexibility index (Phi) is 8.19. The molecule has 3 heterocycles. The summed E-state index contributed by atoms with van der Waals surface area (Å²) in [7, 11) is 2.11. The Morgan fingerprint density at radius 2 is 1.83 bits per heavy atom. The molecule has 1 saturated heterocycles. The zero-order valence-electron chi connectivity index (χ0n) is 17.4. The lowest BCUT2D eigenvalue weighted by molar-refractivity contribution is -0.129. The monoisotopic (exact) mass is 448 g/mol. The minimum atomic E-state index is 0. The summed E-state index contributed by atoms with van der Waals surface area (Å²) in [5.41, 5.74) is 3.36. The van der Waals surface area contributed by atoms with E-state index in [0.29, 0.717) is 6.04 Å². The number of nitrogens with zero attached hydrogens (tertiary/aromatic N) is 4. The van der Waals surface area contributed by atoms with Gasteiger partial charge in [0, 0.05) is 48.9 Å². The first-order chi connectivity index (χ1) is 13.6. The van der Waals surface area contributed by atoms with E-state index in [9.17, 15) is 4.79 Å². The maximum atomic E-state index is 11.6. The number of anilines is 1. The summed E-state index contributed by atoms with van der Waals surface area (Å²) in [6.07, 6.45) is 5.70. The van der Waals surface area contributed by atoms with Gasteiger partial charge in [-0.05, 0) is 36.8 Å². The fourth-order valence-electron chi connectivity index (χ4n) is 3.81. The molecule has 0 atom stereocenters. The minimum Gasteiger partial charge on any atom is -0.412 e. The predicted octanol–water partition coefficient (Wildman–Crippen LogP) is 2.88. The van der Waals surface area contributed by atoms with Gasteiger partial charge in [0.2, 0.25) is 5.91 Å². The van der Waals surface area contributed by atoms with Crippen LogP contribution in [0, 0.1) is 0 Å². The van der Waals surface area contributed by atoms with Crippen molar-refractivity contribution in [1.29, 1.82) is 0 Å². The van der Waals surface area contributed by atoms with E-state index in [1.54, 1.807) is 36.3 Å². The van der Waals surface area contributed by atoms with Gasteiger partial charge >= 0.3 is 0 Å². The number of rotatable bonds is 4. The van der Waals surface area contributed by atoms with Gasteiger partial charge in [-0.25, -0.2) is 9.97 Å². The molecule has 1 fully saturated rings. The van der Waals surface area contributed by atoms with Crippen LogP contribution in [-0.4, -0.2) is 64.2 Å². The SMILES string of the molecule is CSc1ccc(-c2csc3c(N(C)C4CCN(C(C)=O)CC4)ncnc23)cc1.O.O. The molecular weight excluding hydrogens is 420 g/mol. The first-order valence-corrected chi connectivity index (χ1v) is 11.5. The van der Waals surface area contributed by atoms with Gasteiger partial charge in [0.25, 0.3) is 0 Å². The Labute approximate surface area is 184 Å². The number of carbonyl (C=O) groups is 1. The second-order valence-corrected chi connectivity index (χ2v) is 8.86. The third kappa shape index (κ3) is 4.59. The lowest BCUT2D eigenvalue weighted by Gasteiger charge is -2.37. The van der Waals surface area contributed by atoms with Crippen molar-refractivity contribution in [2.75, 3.05) is 31.3 Å². The summed E-state index contributed by atoms with van der Waals surface area (Å²) < 4.78 is 1.13. The Morgan fingerprint density at radius 1 is 1.17 bits per heavy atom. The topological polar surface area (TPSA) is 112 Å². The first-order valence-electron chi connectivity index (χ1n) is 9.43. The maximum absolute atomic E-state index is 11.6. The van der Waals surface area contributed by atoms with Crippen LogP contribution >= 0.6 is 23.1 Å². The third-order valence-electron chi connectivity index (χ3n) is 5.53. The zero-order chi connectivity index (χ0) is 19.7. The highest BCUT2D eigenvalue weighted by atomic mass is 32.2. The van der Waals surface area contributed by atoms with E-state index in [2.05, 4.69) is 57.8 Å². The number of thioether (sulfide) groups is 1. The van der Waals surface area contributed by atoms with Crippen molar-refractivity contribution >= 4 is 45.0 Å². The van der Waals surface area contributed by atoms with Crippen LogP contribution in [0.4, 0.5) is 5.82 Å². The van der Waals surface area contributed by atoms with Crippen LogP contribution in [0.1, 0.15) is 19.8 Å². The molecule has 0 unspecified atom stereocenters. The minimum absolute atomic E-state index is 0. The molecule has 3 aromatic rings. The molecule has 7 nitrogen and oxygen atoms in total. The summed E-state index contributed by atoms with van der Waals surface area (Å²) in [4.78, 5) is 26.3. The second-order valence-electron chi connectivity index (χ2n) is 7.10. The van der Waals surface area contributed by atoms with Crippen LogP contribution in [0.3, 0.4) is 0 Å². The summed E-state index contributed by atoms with van der Waals surface area (Å²) >= 11 is 3.45. The number of aromatic nitrogens is 2. The number of amides is 1. The van der Waals surface area contributed by atoms with Crippen LogP contribution in [0.5, 0.6) is 0 Å². The Balaban J connectivity index is 0.00000160. The van der Waals surface area contributed by atoms with E-state index in [1.807, 2.05) is 4.90 Å². The number of thiophene rings is 1. The van der Waals surface area contributed by atoms with Gasteiger partial charge in [-0.3, -0.25) is 4.79 Å². The molecule has 0 spiro atoms. The van der Waals surface area contributed by atoms with Crippen molar-refractivity contribution in [3.8, 4) is 11.1 Å². The molecule has 1 aliphatic heterocycles. The van der Waals surface area contributed by atoms with Gasteiger partial charge in [-0.15, -0.1) is 23.1 Å². The Morgan fingerprint density at radius 3 is 2.43 bits per heavy atom. The van der Waals surface area contributed by atoms with E-state index >= 15 is 0 Å². The predicted molar refractivity (Wildman–Crippen MR) is 126 cm³/mol. The number of fused-ring (bicyclic) bond motifs is 1. The van der Waals surface area contributed by atoms with Crippen molar-refractivity contribution in [2.45, 2.75) is 30.7 Å². The molecule has 0 bridgehead atoms. The second kappa shape index (κ2) is 10.2. The lowest BCUT2D eigenvalue weighted by Crippen LogP contribution is -2.45. The highest BCUT2D eigenvalue weighted by molar-refractivity contribution is 7.98. The molecule has 1 amide bonds. The van der Waals surface area contributed by atoms with E-state index in [0.717, 1.165) is 47.5 Å². The summed E-state index contributed by atoms with van der Waals surface area (Å²) in [6, 6.07) is 9.02. The molecule has 4 N–H and O–H groups in total. The normalized spacial score (nSPS) is 14.2. The largest absolute Gasteiger partial charge is 0.412 e. The van der Waals surface area contributed by atoms with E-state index in [1.165, 1.54) is 10.5 Å². The molecule has 0 radical (unpaired) electrons. The summed E-state index contributed by atoms with van der Waals surface area (Å²) in [6.45, 7) is 3.28. The number of carbonyl (C=O) groups excluding carboxylic acids is 1. The smallest absolute Gasteiger partial charge is 0.219 e. The van der Waals surface area contributed by atoms with Crippen LogP contribution in [-0.2, 0) is 4.79 Å². The van der Waals surface area contributed by atoms with Gasteiger partial charge in [0.15, 0.2) is 0 Å². The molecule has 4 rings (SSSR count). The Hall–Kier alpha value is -2.20. The van der Waals surface area contributed by atoms with Gasteiger partial charge in [-0.2, -0.15) is 0 Å². The lowest BCUT2D eigenvalue weighted by atomic mass is 10.0. The van der Waals surface area contributed by atoms with Crippen molar-refractivity contribution < 1.29 is 15.7 Å².